The van der Waals surface area contributed by atoms with Gasteiger partial charge >= 0.3 is 0 Å². The second kappa shape index (κ2) is 9.05. The Bertz CT molecular complexity index is 956. The van der Waals surface area contributed by atoms with Crippen LogP contribution in [-0.4, -0.2) is 40.4 Å². The van der Waals surface area contributed by atoms with Crippen LogP contribution in [0, 0.1) is 5.92 Å². The third kappa shape index (κ3) is 4.56. The Hall–Kier alpha value is -2.93. The van der Waals surface area contributed by atoms with Gasteiger partial charge in [0.05, 0.1) is 11.4 Å². The molecule has 1 amide bonds. The predicted octanol–water partition coefficient (Wildman–Crippen LogP) is 4.12. The van der Waals surface area contributed by atoms with E-state index in [2.05, 4.69) is 25.4 Å². The number of hydrogen-bond donors (Lipinski definition) is 1. The van der Waals surface area contributed by atoms with Crippen LogP contribution >= 0.6 is 11.8 Å². The van der Waals surface area contributed by atoms with Crippen molar-refractivity contribution in [3.8, 4) is 11.3 Å². The first-order chi connectivity index (χ1) is 14.2. The number of benzene rings is 1. The largest absolute Gasteiger partial charge is 0.355 e. The molecule has 1 aliphatic rings. The fourth-order valence-corrected chi connectivity index (χ4v) is 4.07. The van der Waals surface area contributed by atoms with Crippen molar-refractivity contribution in [1.82, 2.24) is 15.2 Å². The maximum atomic E-state index is 12.7. The van der Waals surface area contributed by atoms with Crippen LogP contribution in [0.25, 0.3) is 11.3 Å². The fraction of sp³-hybridized carbons (Fsp3) is 0.273. The zero-order valence-electron chi connectivity index (χ0n) is 16.3. The van der Waals surface area contributed by atoms with Crippen molar-refractivity contribution in [2.24, 2.45) is 5.92 Å². The van der Waals surface area contributed by atoms with Crippen LogP contribution in [0.4, 0.5) is 11.5 Å². The summed E-state index contributed by atoms with van der Waals surface area (Å²) in [6, 6.07) is 15.7. The number of para-hydroxylation sites is 1. The van der Waals surface area contributed by atoms with E-state index in [1.54, 1.807) is 24.2 Å². The number of thioether (sulfide) groups is 1. The van der Waals surface area contributed by atoms with Crippen LogP contribution in [0.5, 0.6) is 0 Å². The molecule has 0 aliphatic carbocycles. The summed E-state index contributed by atoms with van der Waals surface area (Å²) in [6.07, 6.45) is 7.15. The minimum atomic E-state index is 0.0174. The van der Waals surface area contributed by atoms with E-state index in [1.165, 1.54) is 0 Å². The molecule has 0 spiro atoms. The Morgan fingerprint density at radius 1 is 1.07 bits per heavy atom. The standard InChI is InChI=1S/C22H23N5OS/c1-29-20-7-3-2-6-19(20)24-22(28)16-10-13-27(14-11-16)21-9-8-18(25-26-21)17-5-4-12-23-15-17/h2-9,12,15-16H,10-11,13-14H2,1H3,(H,24,28). The van der Waals surface area contributed by atoms with E-state index in [9.17, 15) is 4.79 Å². The smallest absolute Gasteiger partial charge is 0.227 e. The van der Waals surface area contributed by atoms with Crippen molar-refractivity contribution in [3.05, 3.63) is 60.9 Å². The average molecular weight is 406 g/mol. The molecular formula is C22H23N5OS. The van der Waals surface area contributed by atoms with E-state index >= 15 is 0 Å². The van der Waals surface area contributed by atoms with Gasteiger partial charge < -0.3 is 10.2 Å². The van der Waals surface area contributed by atoms with Gasteiger partial charge in [-0.2, -0.15) is 0 Å². The summed E-state index contributed by atoms with van der Waals surface area (Å²) in [6.45, 7) is 1.59. The highest BCUT2D eigenvalue weighted by Crippen LogP contribution is 2.27. The number of carbonyl (C=O) groups excluding carboxylic acids is 1. The molecule has 29 heavy (non-hydrogen) atoms. The lowest BCUT2D eigenvalue weighted by Gasteiger charge is -2.32. The molecule has 0 bridgehead atoms. The van der Waals surface area contributed by atoms with Crippen molar-refractivity contribution < 1.29 is 4.79 Å². The van der Waals surface area contributed by atoms with E-state index < -0.39 is 0 Å². The Kier molecular flexibility index (Phi) is 6.05. The van der Waals surface area contributed by atoms with Gasteiger partial charge in [0.15, 0.2) is 5.82 Å². The molecule has 1 saturated heterocycles. The van der Waals surface area contributed by atoms with Crippen LogP contribution in [0.2, 0.25) is 0 Å². The molecule has 1 aromatic carbocycles. The molecule has 1 aliphatic heterocycles. The number of rotatable bonds is 5. The van der Waals surface area contributed by atoms with E-state index in [1.807, 2.05) is 54.8 Å². The molecule has 148 valence electrons. The first-order valence-electron chi connectivity index (χ1n) is 9.67. The second-order valence-electron chi connectivity index (χ2n) is 6.97. The molecule has 1 fully saturated rings. The quantitative estimate of drug-likeness (QED) is 0.644. The summed E-state index contributed by atoms with van der Waals surface area (Å²) in [7, 11) is 0. The number of carbonyl (C=O) groups is 1. The van der Waals surface area contributed by atoms with Gasteiger partial charge in [-0.05, 0) is 55.5 Å². The van der Waals surface area contributed by atoms with Gasteiger partial charge in [-0.1, -0.05) is 12.1 Å². The first kappa shape index (κ1) is 19.4. The Morgan fingerprint density at radius 3 is 2.59 bits per heavy atom. The molecule has 2 aromatic heterocycles. The van der Waals surface area contributed by atoms with Crippen LogP contribution in [0.15, 0.2) is 65.8 Å². The van der Waals surface area contributed by atoms with Crippen molar-refractivity contribution in [2.45, 2.75) is 17.7 Å². The molecule has 6 nitrogen and oxygen atoms in total. The number of anilines is 2. The number of piperidine rings is 1. The highest BCUT2D eigenvalue weighted by atomic mass is 32.2. The maximum Gasteiger partial charge on any atom is 0.227 e. The van der Waals surface area contributed by atoms with E-state index in [4.69, 9.17) is 0 Å². The minimum Gasteiger partial charge on any atom is -0.355 e. The third-order valence-corrected chi connectivity index (χ3v) is 5.96. The Labute approximate surface area is 174 Å². The minimum absolute atomic E-state index is 0.0174. The number of nitrogens with one attached hydrogen (secondary N) is 1. The molecule has 0 radical (unpaired) electrons. The molecule has 0 unspecified atom stereocenters. The molecule has 0 saturated carbocycles. The Balaban J connectivity index is 1.35. The van der Waals surface area contributed by atoms with Crippen LogP contribution in [-0.2, 0) is 4.79 Å². The number of hydrogen-bond acceptors (Lipinski definition) is 6. The van der Waals surface area contributed by atoms with Crippen molar-refractivity contribution in [1.29, 1.82) is 0 Å². The summed E-state index contributed by atoms with van der Waals surface area (Å²) in [5.41, 5.74) is 2.65. The van der Waals surface area contributed by atoms with Crippen molar-refractivity contribution in [3.63, 3.8) is 0 Å². The van der Waals surface area contributed by atoms with Gasteiger partial charge in [-0.15, -0.1) is 22.0 Å². The van der Waals surface area contributed by atoms with E-state index in [-0.39, 0.29) is 11.8 Å². The summed E-state index contributed by atoms with van der Waals surface area (Å²) < 4.78 is 0. The zero-order chi connectivity index (χ0) is 20.1. The maximum absolute atomic E-state index is 12.7. The van der Waals surface area contributed by atoms with Crippen LogP contribution < -0.4 is 10.2 Å². The van der Waals surface area contributed by atoms with Gasteiger partial charge in [-0.25, -0.2) is 0 Å². The van der Waals surface area contributed by atoms with Gasteiger partial charge in [0, 0.05) is 41.9 Å². The number of aromatic nitrogens is 3. The van der Waals surface area contributed by atoms with Crippen molar-refractivity contribution in [2.75, 3.05) is 29.6 Å². The van der Waals surface area contributed by atoms with Crippen molar-refractivity contribution >= 4 is 29.2 Å². The highest BCUT2D eigenvalue weighted by molar-refractivity contribution is 7.98. The lowest BCUT2D eigenvalue weighted by Crippen LogP contribution is -2.38. The summed E-state index contributed by atoms with van der Waals surface area (Å²) in [5, 5.41) is 11.8. The van der Waals surface area contributed by atoms with E-state index in [0.717, 1.165) is 53.6 Å². The Morgan fingerprint density at radius 2 is 1.90 bits per heavy atom. The normalized spacial score (nSPS) is 14.6. The SMILES string of the molecule is CSc1ccccc1NC(=O)C1CCN(c2ccc(-c3cccnc3)nn2)CC1. The fourth-order valence-electron chi connectivity index (χ4n) is 3.52. The molecule has 3 heterocycles. The van der Waals surface area contributed by atoms with Crippen LogP contribution in [0.1, 0.15) is 12.8 Å². The molecule has 4 rings (SSSR count). The van der Waals surface area contributed by atoms with Gasteiger partial charge in [0.25, 0.3) is 0 Å². The average Bonchev–Trinajstić information content (AvgIpc) is 2.80. The molecule has 3 aromatic rings. The summed E-state index contributed by atoms with van der Waals surface area (Å²) in [4.78, 5) is 20.1. The number of pyridine rings is 1. The zero-order valence-corrected chi connectivity index (χ0v) is 17.1. The second-order valence-corrected chi connectivity index (χ2v) is 7.82. The lowest BCUT2D eigenvalue weighted by molar-refractivity contribution is -0.120. The van der Waals surface area contributed by atoms with Crippen LogP contribution in [0.3, 0.4) is 0 Å². The topological polar surface area (TPSA) is 71.0 Å². The molecule has 7 heteroatoms. The monoisotopic (exact) mass is 405 g/mol. The third-order valence-electron chi connectivity index (χ3n) is 5.16. The number of amides is 1. The highest BCUT2D eigenvalue weighted by Gasteiger charge is 2.26. The van der Waals surface area contributed by atoms with Gasteiger partial charge in [-0.3, -0.25) is 9.78 Å². The van der Waals surface area contributed by atoms with Gasteiger partial charge in [0.2, 0.25) is 5.91 Å². The number of nitrogens with zero attached hydrogens (tertiary/aromatic N) is 4. The van der Waals surface area contributed by atoms with Gasteiger partial charge in [0.1, 0.15) is 0 Å². The molecule has 1 N–H and O–H groups in total. The summed E-state index contributed by atoms with van der Waals surface area (Å²) >= 11 is 1.64. The van der Waals surface area contributed by atoms with E-state index in [0.29, 0.717) is 0 Å². The molecular weight excluding hydrogens is 382 g/mol. The molecule has 0 atom stereocenters. The lowest BCUT2D eigenvalue weighted by atomic mass is 9.96. The summed E-state index contributed by atoms with van der Waals surface area (Å²) in [5.74, 6) is 0.970. The first-order valence-corrected chi connectivity index (χ1v) is 10.9. The predicted molar refractivity (Wildman–Crippen MR) is 117 cm³/mol.